The van der Waals surface area contributed by atoms with Gasteiger partial charge in [-0.25, -0.2) is 4.39 Å². The van der Waals surface area contributed by atoms with Crippen LogP contribution >= 0.6 is 0 Å². The summed E-state index contributed by atoms with van der Waals surface area (Å²) in [6, 6.07) is 13.0. The maximum atomic E-state index is 12.9. The van der Waals surface area contributed by atoms with Crippen LogP contribution in [0.15, 0.2) is 48.5 Å². The second-order valence-electron chi connectivity index (χ2n) is 6.46. The van der Waals surface area contributed by atoms with Gasteiger partial charge in [0.15, 0.2) is 0 Å². The fourth-order valence-electron chi connectivity index (χ4n) is 2.87. The molecule has 0 amide bonds. The van der Waals surface area contributed by atoms with E-state index in [1.54, 1.807) is 31.2 Å². The molecule has 2 aromatic rings. The summed E-state index contributed by atoms with van der Waals surface area (Å²) in [6.45, 7) is 1.94. The molecule has 0 spiro atoms. The van der Waals surface area contributed by atoms with Gasteiger partial charge in [0.25, 0.3) is 0 Å². The van der Waals surface area contributed by atoms with Gasteiger partial charge in [0, 0.05) is 6.42 Å². The number of halogens is 1. The van der Waals surface area contributed by atoms with Crippen molar-refractivity contribution in [2.45, 2.75) is 44.1 Å². The summed E-state index contributed by atoms with van der Waals surface area (Å²) < 4.78 is 29.8. The molecule has 1 fully saturated rings. The second kappa shape index (κ2) is 8.67. The van der Waals surface area contributed by atoms with E-state index in [-0.39, 0.29) is 5.82 Å². The van der Waals surface area contributed by atoms with Crippen molar-refractivity contribution in [1.29, 1.82) is 0 Å². The van der Waals surface area contributed by atoms with Crippen LogP contribution in [0.4, 0.5) is 4.39 Å². The molecule has 146 valence electrons. The van der Waals surface area contributed by atoms with Crippen LogP contribution in [0.25, 0.3) is 0 Å². The summed E-state index contributed by atoms with van der Waals surface area (Å²) in [5, 5.41) is 29.8. The Kier molecular flexibility index (Phi) is 6.28. The van der Waals surface area contributed by atoms with Crippen molar-refractivity contribution in [3.8, 4) is 11.5 Å². The highest BCUT2D eigenvalue weighted by Crippen LogP contribution is 2.26. The van der Waals surface area contributed by atoms with Gasteiger partial charge < -0.3 is 29.5 Å². The number of hydrogen-bond donors (Lipinski definition) is 3. The minimum absolute atomic E-state index is 0.325. The number of aliphatic hydroxyl groups is 3. The topological polar surface area (TPSA) is 88.4 Å². The van der Waals surface area contributed by atoms with Crippen molar-refractivity contribution in [2.24, 2.45) is 0 Å². The van der Waals surface area contributed by atoms with Crippen LogP contribution in [-0.4, -0.2) is 52.6 Å². The van der Waals surface area contributed by atoms with Crippen molar-refractivity contribution in [3.63, 3.8) is 0 Å². The van der Waals surface area contributed by atoms with Crippen LogP contribution in [0.2, 0.25) is 0 Å². The number of aliphatic hydroxyl groups excluding tert-OH is 3. The van der Waals surface area contributed by atoms with Gasteiger partial charge in [0.05, 0.1) is 12.7 Å². The van der Waals surface area contributed by atoms with Gasteiger partial charge in [-0.1, -0.05) is 18.2 Å². The van der Waals surface area contributed by atoms with Crippen molar-refractivity contribution in [1.82, 2.24) is 0 Å². The Morgan fingerprint density at radius 2 is 1.67 bits per heavy atom. The van der Waals surface area contributed by atoms with Gasteiger partial charge in [-0.15, -0.1) is 0 Å². The molecule has 1 saturated heterocycles. The third kappa shape index (κ3) is 4.75. The molecule has 3 N–H and O–H groups in total. The highest BCUT2D eigenvalue weighted by molar-refractivity contribution is 5.34. The van der Waals surface area contributed by atoms with Crippen LogP contribution in [0.5, 0.6) is 11.5 Å². The number of benzene rings is 2. The summed E-state index contributed by atoms with van der Waals surface area (Å²) in [6.07, 6.45) is -5.18. The fourth-order valence-corrected chi connectivity index (χ4v) is 2.87. The molecule has 27 heavy (non-hydrogen) atoms. The molecule has 5 atom stereocenters. The lowest BCUT2D eigenvalue weighted by molar-refractivity contribution is -0.268. The summed E-state index contributed by atoms with van der Waals surface area (Å²) >= 11 is 0. The van der Waals surface area contributed by atoms with E-state index < -0.39 is 30.7 Å². The molecular formula is C20H23FO6. The van der Waals surface area contributed by atoms with Crippen LogP contribution in [0.1, 0.15) is 12.5 Å². The molecule has 0 aliphatic carbocycles. The van der Waals surface area contributed by atoms with Crippen LogP contribution in [0, 0.1) is 5.82 Å². The quantitative estimate of drug-likeness (QED) is 0.709. The average Bonchev–Trinajstić information content (AvgIpc) is 2.67. The maximum Gasteiger partial charge on any atom is 0.229 e. The molecule has 1 aliphatic heterocycles. The molecular weight excluding hydrogens is 355 g/mol. The predicted octanol–water partition coefficient (Wildman–Crippen LogP) is 1.65. The van der Waals surface area contributed by atoms with E-state index in [1.165, 1.54) is 12.1 Å². The zero-order valence-electron chi connectivity index (χ0n) is 14.9. The van der Waals surface area contributed by atoms with E-state index in [0.29, 0.717) is 24.5 Å². The summed E-state index contributed by atoms with van der Waals surface area (Å²) in [5.74, 6) is 0.723. The summed E-state index contributed by atoms with van der Waals surface area (Å²) in [4.78, 5) is 0. The largest absolute Gasteiger partial charge is 0.493 e. The third-order valence-electron chi connectivity index (χ3n) is 4.48. The van der Waals surface area contributed by atoms with E-state index in [1.807, 2.05) is 12.1 Å². The Bertz CT molecular complexity index is 738. The molecule has 0 bridgehead atoms. The lowest BCUT2D eigenvalue weighted by Gasteiger charge is -2.39. The van der Waals surface area contributed by atoms with Crippen LogP contribution in [0.3, 0.4) is 0 Å². The Labute approximate surface area is 156 Å². The molecule has 0 aromatic heterocycles. The molecule has 3 rings (SSSR count). The van der Waals surface area contributed by atoms with Gasteiger partial charge in [0.2, 0.25) is 6.29 Å². The van der Waals surface area contributed by atoms with E-state index >= 15 is 0 Å². The molecule has 1 unspecified atom stereocenters. The first kappa shape index (κ1) is 19.6. The number of rotatable bonds is 6. The molecule has 6 nitrogen and oxygen atoms in total. The Morgan fingerprint density at radius 3 is 2.41 bits per heavy atom. The Balaban J connectivity index is 1.62. The first-order chi connectivity index (χ1) is 13.0. The van der Waals surface area contributed by atoms with E-state index in [9.17, 15) is 19.7 Å². The molecule has 7 heteroatoms. The Morgan fingerprint density at radius 1 is 0.963 bits per heavy atom. The van der Waals surface area contributed by atoms with Gasteiger partial charge >= 0.3 is 0 Å². The van der Waals surface area contributed by atoms with E-state index in [2.05, 4.69) is 0 Å². The highest BCUT2D eigenvalue weighted by atomic mass is 19.1. The monoisotopic (exact) mass is 378 g/mol. The lowest BCUT2D eigenvalue weighted by atomic mass is 10.00. The summed E-state index contributed by atoms with van der Waals surface area (Å²) in [5.41, 5.74) is 0.823. The molecule has 0 radical (unpaired) electrons. The van der Waals surface area contributed by atoms with Crippen molar-refractivity contribution in [3.05, 3.63) is 59.9 Å². The standard InChI is InChI=1S/C20H23FO6/c1-12-17(22)18(23)19(24)20(26-12)27-16-5-3-2-4-13(16)10-11-25-15-8-6-14(21)7-9-15/h2-9,12,17-20,22-24H,10-11H2,1H3/t12-,17-,18+,19+,20?/m0/s1. The van der Waals surface area contributed by atoms with E-state index in [4.69, 9.17) is 14.2 Å². The minimum atomic E-state index is -1.38. The second-order valence-corrected chi connectivity index (χ2v) is 6.46. The maximum absolute atomic E-state index is 12.9. The van der Waals surface area contributed by atoms with Crippen LogP contribution in [-0.2, 0) is 11.2 Å². The Hall–Kier alpha value is -2.19. The number of ether oxygens (including phenoxy) is 3. The van der Waals surface area contributed by atoms with Crippen molar-refractivity contribution in [2.75, 3.05) is 6.61 Å². The zero-order chi connectivity index (χ0) is 19.4. The van der Waals surface area contributed by atoms with Gasteiger partial charge in [0.1, 0.15) is 35.6 Å². The number of para-hydroxylation sites is 1. The van der Waals surface area contributed by atoms with Gasteiger partial charge in [-0.3, -0.25) is 0 Å². The van der Waals surface area contributed by atoms with E-state index in [0.717, 1.165) is 5.56 Å². The smallest absolute Gasteiger partial charge is 0.229 e. The molecule has 1 aliphatic rings. The first-order valence-electron chi connectivity index (χ1n) is 8.78. The van der Waals surface area contributed by atoms with Gasteiger partial charge in [-0.05, 0) is 42.8 Å². The lowest BCUT2D eigenvalue weighted by Crippen LogP contribution is -2.58. The fraction of sp³-hybridized carbons (Fsp3) is 0.400. The molecule has 1 heterocycles. The van der Waals surface area contributed by atoms with Crippen molar-refractivity contribution >= 4 is 0 Å². The van der Waals surface area contributed by atoms with Gasteiger partial charge in [-0.2, -0.15) is 0 Å². The van der Waals surface area contributed by atoms with Crippen molar-refractivity contribution < 1.29 is 33.9 Å². The molecule has 0 saturated carbocycles. The number of hydrogen-bond acceptors (Lipinski definition) is 6. The predicted molar refractivity (Wildman–Crippen MR) is 95.0 cm³/mol. The molecule has 2 aromatic carbocycles. The normalized spacial score (nSPS) is 28.0. The SMILES string of the molecule is C[C@@H]1OC(Oc2ccccc2CCOc2ccc(F)cc2)[C@H](O)[C@H](O)[C@H]1O. The van der Waals surface area contributed by atoms with Crippen LogP contribution < -0.4 is 9.47 Å². The third-order valence-corrected chi connectivity index (χ3v) is 4.48. The highest BCUT2D eigenvalue weighted by Gasteiger charge is 2.43. The minimum Gasteiger partial charge on any atom is -0.493 e. The first-order valence-corrected chi connectivity index (χ1v) is 8.78. The summed E-state index contributed by atoms with van der Waals surface area (Å²) in [7, 11) is 0. The zero-order valence-corrected chi connectivity index (χ0v) is 14.9. The average molecular weight is 378 g/mol.